The lowest BCUT2D eigenvalue weighted by molar-refractivity contribution is -0.123. The van der Waals surface area contributed by atoms with E-state index < -0.39 is 12.1 Å². The number of nitrogens with one attached hydrogen (secondary N) is 5. The molecule has 0 radical (unpaired) electrons. The molecule has 0 bridgehead atoms. The lowest BCUT2D eigenvalue weighted by Crippen LogP contribution is -2.52. The Kier molecular flexibility index (Phi) is 10.1. The summed E-state index contributed by atoms with van der Waals surface area (Å²) in [6, 6.07) is 15.6. The zero-order chi connectivity index (χ0) is 28.1. The second kappa shape index (κ2) is 13.7. The molecule has 5 rings (SSSR count). The Bertz CT molecular complexity index is 1350. The van der Waals surface area contributed by atoms with E-state index in [9.17, 15) is 9.59 Å². The number of nitrogens with two attached hydrogens (primary N) is 1. The van der Waals surface area contributed by atoms with E-state index in [0.717, 1.165) is 24.9 Å². The van der Waals surface area contributed by atoms with Gasteiger partial charge in [-0.3, -0.25) is 10.2 Å². The average Bonchev–Trinajstić information content (AvgIpc) is 3.37. The summed E-state index contributed by atoms with van der Waals surface area (Å²) in [5.41, 5.74) is 10.2. The molecule has 1 saturated heterocycles. The van der Waals surface area contributed by atoms with Crippen LogP contribution in [0.15, 0.2) is 54.7 Å². The number of aromatic amines is 1. The first-order valence-electron chi connectivity index (χ1n) is 14.0. The molecule has 2 heterocycles. The summed E-state index contributed by atoms with van der Waals surface area (Å²) in [6.45, 7) is 1.99. The highest BCUT2D eigenvalue weighted by Crippen LogP contribution is 2.44. The van der Waals surface area contributed by atoms with Crippen LogP contribution in [0.5, 0.6) is 0 Å². The summed E-state index contributed by atoms with van der Waals surface area (Å²) in [7, 11) is 2.18. The van der Waals surface area contributed by atoms with Gasteiger partial charge < -0.3 is 36.3 Å². The molecule has 1 aliphatic carbocycles. The predicted molar refractivity (Wildman–Crippen MR) is 162 cm³/mol. The Balaban J connectivity index is 0.00000387. The third kappa shape index (κ3) is 7.31. The van der Waals surface area contributed by atoms with Crippen LogP contribution in [0.2, 0.25) is 0 Å². The van der Waals surface area contributed by atoms with Gasteiger partial charge in [0, 0.05) is 48.7 Å². The number of hydrogen-bond acceptors (Lipinski definition) is 5. The van der Waals surface area contributed by atoms with Crippen molar-refractivity contribution in [3.05, 3.63) is 71.4 Å². The number of carbonyl (C=O) groups is 2. The summed E-state index contributed by atoms with van der Waals surface area (Å²) in [4.78, 5) is 31.7. The van der Waals surface area contributed by atoms with Gasteiger partial charge in [0.05, 0.1) is 0 Å². The molecule has 0 spiro atoms. The Morgan fingerprint density at radius 1 is 1.17 bits per heavy atom. The Morgan fingerprint density at radius 3 is 2.76 bits per heavy atom. The first kappa shape index (κ1) is 30.2. The highest BCUT2D eigenvalue weighted by Gasteiger charge is 2.39. The van der Waals surface area contributed by atoms with Gasteiger partial charge >= 0.3 is 6.09 Å². The number of H-pyrrole nitrogens is 1. The second-order valence-electron chi connectivity index (χ2n) is 11.0. The molecule has 4 atom stereocenters. The third-order valence-corrected chi connectivity index (χ3v) is 8.18. The van der Waals surface area contributed by atoms with Crippen molar-refractivity contribution in [2.45, 2.75) is 50.3 Å². The number of ether oxygens (including phenoxy) is 1. The van der Waals surface area contributed by atoms with Crippen LogP contribution in [0.1, 0.15) is 41.9 Å². The molecule has 1 aliphatic heterocycles. The fourth-order valence-corrected chi connectivity index (χ4v) is 6.28. The summed E-state index contributed by atoms with van der Waals surface area (Å²) in [6.07, 6.45) is 4.48. The lowest BCUT2D eigenvalue weighted by Gasteiger charge is -2.45. The Labute approximate surface area is 246 Å². The number of carbonyl (C=O) groups excluding carboxylic acids is 2. The van der Waals surface area contributed by atoms with Crippen molar-refractivity contribution < 1.29 is 14.3 Å². The number of alkyl carbamates (subject to hydrolysis) is 1. The van der Waals surface area contributed by atoms with Gasteiger partial charge in [0.25, 0.3) is 0 Å². The largest absolute Gasteiger partial charge is 0.445 e. The highest BCUT2D eigenvalue weighted by molar-refractivity contribution is 5.88. The van der Waals surface area contributed by atoms with Crippen molar-refractivity contribution in [2.75, 3.05) is 26.7 Å². The highest BCUT2D eigenvalue weighted by atomic mass is 35.5. The van der Waals surface area contributed by atoms with E-state index in [1.165, 1.54) is 22.0 Å². The first-order valence-corrected chi connectivity index (χ1v) is 14.0. The van der Waals surface area contributed by atoms with Gasteiger partial charge in [-0.2, -0.15) is 0 Å². The number of nitrogens with zero attached hydrogens (tertiary/aromatic N) is 1. The van der Waals surface area contributed by atoms with Crippen molar-refractivity contribution in [3.63, 3.8) is 0 Å². The molecule has 2 amide bonds. The maximum Gasteiger partial charge on any atom is 0.408 e. The molecule has 1 aromatic heterocycles. The number of benzene rings is 2. The van der Waals surface area contributed by atoms with Gasteiger partial charge in [0.1, 0.15) is 12.6 Å². The van der Waals surface area contributed by atoms with Crippen LogP contribution in [0, 0.1) is 11.3 Å². The van der Waals surface area contributed by atoms with Crippen LogP contribution < -0.4 is 21.7 Å². The summed E-state index contributed by atoms with van der Waals surface area (Å²) in [5, 5.41) is 17.3. The molecule has 41 heavy (non-hydrogen) atoms. The van der Waals surface area contributed by atoms with Crippen LogP contribution in [-0.4, -0.2) is 66.6 Å². The minimum absolute atomic E-state index is 0. The summed E-state index contributed by atoms with van der Waals surface area (Å²) < 4.78 is 5.36. The summed E-state index contributed by atoms with van der Waals surface area (Å²) in [5.74, 6) is 0.340. The van der Waals surface area contributed by atoms with E-state index in [1.807, 2.05) is 30.3 Å². The number of amides is 2. The fraction of sp³-hybridized carbons (Fsp3) is 0.433. The first-order chi connectivity index (χ1) is 19.4. The smallest absolute Gasteiger partial charge is 0.408 e. The Hall–Kier alpha value is -3.76. The second-order valence-corrected chi connectivity index (χ2v) is 11.0. The van der Waals surface area contributed by atoms with Crippen molar-refractivity contribution >= 4 is 41.3 Å². The molecule has 10 nitrogen and oxygen atoms in total. The van der Waals surface area contributed by atoms with Gasteiger partial charge in [0.15, 0.2) is 5.96 Å². The number of hydrogen-bond donors (Lipinski definition) is 6. The lowest BCUT2D eigenvalue weighted by atomic mass is 9.72. The van der Waals surface area contributed by atoms with E-state index in [4.69, 9.17) is 15.9 Å². The molecule has 1 fully saturated rings. The fourth-order valence-electron chi connectivity index (χ4n) is 6.28. The number of guanidine groups is 1. The van der Waals surface area contributed by atoms with E-state index in [2.05, 4.69) is 57.3 Å². The SMILES string of the molecule is CN1C[C@H](CNC(=O)[C@H](CCCNC(=N)N)NC(=O)OCc2ccccc2)CC2c3cccc4[nH]cc(c34)C[C@H]21.Cl. The topological polar surface area (TPSA) is 148 Å². The zero-order valence-corrected chi connectivity index (χ0v) is 24.1. The molecule has 220 valence electrons. The molecular formula is C30H40ClN7O3. The van der Waals surface area contributed by atoms with Gasteiger partial charge in [0.2, 0.25) is 5.91 Å². The van der Waals surface area contributed by atoms with Gasteiger partial charge in [-0.25, -0.2) is 4.79 Å². The normalized spacial score (nSPS) is 20.3. The number of piperidine rings is 1. The van der Waals surface area contributed by atoms with Crippen LogP contribution in [0.4, 0.5) is 4.79 Å². The predicted octanol–water partition coefficient (Wildman–Crippen LogP) is 3.22. The zero-order valence-electron chi connectivity index (χ0n) is 23.3. The minimum atomic E-state index is -0.753. The van der Waals surface area contributed by atoms with E-state index >= 15 is 0 Å². The average molecular weight is 582 g/mol. The number of likely N-dealkylation sites (N-methyl/N-ethyl adjacent to an activating group) is 1. The summed E-state index contributed by atoms with van der Waals surface area (Å²) >= 11 is 0. The van der Waals surface area contributed by atoms with Crippen LogP contribution in [-0.2, 0) is 22.6 Å². The molecule has 0 saturated carbocycles. The van der Waals surface area contributed by atoms with Crippen LogP contribution in [0.25, 0.3) is 10.9 Å². The Morgan fingerprint density at radius 2 is 1.98 bits per heavy atom. The number of fused-ring (bicyclic) bond motifs is 2. The molecular weight excluding hydrogens is 542 g/mol. The number of aromatic nitrogens is 1. The van der Waals surface area contributed by atoms with Gasteiger partial charge in [-0.05, 0) is 61.4 Å². The molecule has 2 aromatic carbocycles. The van der Waals surface area contributed by atoms with E-state index in [-0.39, 0.29) is 36.8 Å². The monoisotopic (exact) mass is 581 g/mol. The van der Waals surface area contributed by atoms with Gasteiger partial charge in [-0.1, -0.05) is 42.5 Å². The van der Waals surface area contributed by atoms with Crippen molar-refractivity contribution in [2.24, 2.45) is 11.7 Å². The molecule has 7 N–H and O–H groups in total. The molecule has 1 unspecified atom stereocenters. The minimum Gasteiger partial charge on any atom is -0.445 e. The number of halogens is 1. The molecule has 3 aromatic rings. The van der Waals surface area contributed by atoms with E-state index in [1.54, 1.807) is 0 Å². The van der Waals surface area contributed by atoms with E-state index in [0.29, 0.717) is 37.9 Å². The van der Waals surface area contributed by atoms with Crippen LogP contribution in [0.3, 0.4) is 0 Å². The van der Waals surface area contributed by atoms with Crippen molar-refractivity contribution in [1.82, 2.24) is 25.8 Å². The molecule has 2 aliphatic rings. The molecule has 11 heteroatoms. The third-order valence-electron chi connectivity index (χ3n) is 8.18. The van der Waals surface area contributed by atoms with Gasteiger partial charge in [-0.15, -0.1) is 12.4 Å². The number of rotatable bonds is 10. The number of likely N-dealkylation sites (tertiary alicyclic amines) is 1. The maximum atomic E-state index is 13.3. The standard InChI is InChI=1S/C30H39N7O3.ClH/c1-37-17-20(13-23-22-9-5-10-24-27(22)21(16-34-24)14-26(23)37)15-35-28(38)25(11-6-12-33-29(31)32)36-30(39)40-18-19-7-3-2-4-8-19;/h2-5,7-10,16,20,23,25-26,34H,6,11-15,17-18H2,1H3,(H,35,38)(H,36,39)(H4,31,32,33);1H/t20-,23?,25-,26+;/m0./s1. The maximum absolute atomic E-state index is 13.3. The van der Waals surface area contributed by atoms with Crippen molar-refractivity contribution in [1.29, 1.82) is 5.41 Å². The quantitative estimate of drug-likeness (QED) is 0.123. The van der Waals surface area contributed by atoms with Crippen molar-refractivity contribution in [3.8, 4) is 0 Å². The van der Waals surface area contributed by atoms with Crippen LogP contribution >= 0.6 is 12.4 Å².